The molecule has 112 valence electrons. The van der Waals surface area contributed by atoms with Crippen molar-refractivity contribution in [3.63, 3.8) is 0 Å². The third-order valence-electron chi connectivity index (χ3n) is 3.70. The van der Waals surface area contributed by atoms with Crippen LogP contribution in [0.1, 0.15) is 29.3 Å². The second-order valence-electron chi connectivity index (χ2n) is 5.16. The van der Waals surface area contributed by atoms with Gasteiger partial charge in [-0.15, -0.1) is 0 Å². The van der Waals surface area contributed by atoms with Crippen molar-refractivity contribution in [1.82, 2.24) is 4.90 Å². The fourth-order valence-corrected chi connectivity index (χ4v) is 2.43. The average Bonchev–Trinajstić information content (AvgIpc) is 2.82. The third kappa shape index (κ3) is 3.21. The van der Waals surface area contributed by atoms with Gasteiger partial charge in [0.05, 0.1) is 11.5 Å². The summed E-state index contributed by atoms with van der Waals surface area (Å²) in [5.74, 6) is -1.56. The maximum absolute atomic E-state index is 12.2. The number of nitrogens with zero attached hydrogens (tertiary/aromatic N) is 1. The molecule has 0 saturated carbocycles. The van der Waals surface area contributed by atoms with Crippen LogP contribution >= 0.6 is 0 Å². The quantitative estimate of drug-likeness (QED) is 0.879. The molecule has 0 radical (unpaired) electrons. The molecular formula is C15H18N2O4. The van der Waals surface area contributed by atoms with E-state index in [1.54, 1.807) is 17.9 Å². The van der Waals surface area contributed by atoms with Gasteiger partial charge in [0.1, 0.15) is 0 Å². The summed E-state index contributed by atoms with van der Waals surface area (Å²) in [7, 11) is 0. The van der Waals surface area contributed by atoms with Crippen LogP contribution in [0.4, 0.5) is 5.69 Å². The summed E-state index contributed by atoms with van der Waals surface area (Å²) >= 11 is 0. The van der Waals surface area contributed by atoms with E-state index in [0.29, 0.717) is 24.3 Å². The molecule has 6 nitrogen and oxygen atoms in total. The molecule has 6 heteroatoms. The van der Waals surface area contributed by atoms with Gasteiger partial charge in [-0.2, -0.15) is 0 Å². The van der Waals surface area contributed by atoms with Crippen molar-refractivity contribution in [3.05, 3.63) is 29.3 Å². The normalized spacial score (nSPS) is 17.9. The molecule has 21 heavy (non-hydrogen) atoms. The lowest BCUT2D eigenvalue weighted by atomic mass is 10.1. The molecule has 1 fully saturated rings. The van der Waals surface area contributed by atoms with Crippen LogP contribution in [0.25, 0.3) is 0 Å². The van der Waals surface area contributed by atoms with Crippen molar-refractivity contribution in [1.29, 1.82) is 0 Å². The number of hydrogen-bond donors (Lipinski definition) is 2. The van der Waals surface area contributed by atoms with Crippen LogP contribution in [-0.4, -0.2) is 40.9 Å². The molecule has 1 saturated heterocycles. The van der Waals surface area contributed by atoms with Gasteiger partial charge in [0.25, 0.3) is 0 Å². The van der Waals surface area contributed by atoms with Gasteiger partial charge in [-0.3, -0.25) is 9.59 Å². The summed E-state index contributed by atoms with van der Waals surface area (Å²) in [5.41, 5.74) is 1.44. The fraction of sp³-hybridized carbons (Fsp3) is 0.400. The van der Waals surface area contributed by atoms with E-state index in [4.69, 9.17) is 5.11 Å². The highest BCUT2D eigenvalue weighted by atomic mass is 16.4. The number of anilines is 1. The molecule has 1 unspecified atom stereocenters. The summed E-state index contributed by atoms with van der Waals surface area (Å²) in [4.78, 5) is 36.4. The van der Waals surface area contributed by atoms with Crippen LogP contribution in [0, 0.1) is 12.8 Å². The summed E-state index contributed by atoms with van der Waals surface area (Å²) in [6.07, 6.45) is 0.228. The number of benzene rings is 1. The Morgan fingerprint density at radius 3 is 2.67 bits per heavy atom. The first kappa shape index (κ1) is 15.0. The zero-order chi connectivity index (χ0) is 15.6. The van der Waals surface area contributed by atoms with Gasteiger partial charge in [-0.25, -0.2) is 4.79 Å². The van der Waals surface area contributed by atoms with E-state index < -0.39 is 5.97 Å². The van der Waals surface area contributed by atoms with Crippen LogP contribution in [0.5, 0.6) is 0 Å². The highest BCUT2D eigenvalue weighted by Gasteiger charge is 2.33. The summed E-state index contributed by atoms with van der Waals surface area (Å²) in [6, 6.07) is 4.53. The van der Waals surface area contributed by atoms with Crippen LogP contribution in [0.15, 0.2) is 18.2 Å². The second-order valence-corrected chi connectivity index (χ2v) is 5.16. The molecule has 1 aromatic rings. The molecule has 1 aliphatic rings. The summed E-state index contributed by atoms with van der Waals surface area (Å²) < 4.78 is 0. The number of carboxylic acid groups (broad SMARTS) is 1. The maximum atomic E-state index is 12.2. The number of nitrogens with one attached hydrogen (secondary N) is 1. The van der Waals surface area contributed by atoms with E-state index in [0.717, 1.165) is 0 Å². The Bertz CT molecular complexity index is 597. The van der Waals surface area contributed by atoms with E-state index in [1.165, 1.54) is 12.1 Å². The van der Waals surface area contributed by atoms with Crippen molar-refractivity contribution in [2.75, 3.05) is 18.4 Å². The Morgan fingerprint density at radius 2 is 2.14 bits per heavy atom. The SMILES string of the molecule is CCN1CC(C(=O)Nc2ccc(C(=O)O)cc2C)CC1=O. The number of carboxylic acids is 1. The Kier molecular flexibility index (Phi) is 4.26. The fourth-order valence-electron chi connectivity index (χ4n) is 2.43. The zero-order valence-corrected chi connectivity index (χ0v) is 12.0. The first-order chi connectivity index (χ1) is 9.92. The standard InChI is InChI=1S/C15H18N2O4/c1-3-17-8-11(7-13(17)18)14(19)16-12-5-4-10(15(20)21)6-9(12)2/h4-6,11H,3,7-8H2,1-2H3,(H,16,19)(H,20,21). The number of carbonyl (C=O) groups excluding carboxylic acids is 2. The first-order valence-corrected chi connectivity index (χ1v) is 6.85. The average molecular weight is 290 g/mol. The van der Waals surface area contributed by atoms with E-state index >= 15 is 0 Å². The third-order valence-corrected chi connectivity index (χ3v) is 3.70. The molecule has 0 spiro atoms. The van der Waals surface area contributed by atoms with Crippen LogP contribution in [-0.2, 0) is 9.59 Å². The minimum atomic E-state index is -1.00. The van der Waals surface area contributed by atoms with Crippen LogP contribution in [0.2, 0.25) is 0 Å². The Hall–Kier alpha value is -2.37. The second kappa shape index (κ2) is 5.95. The molecule has 0 aliphatic carbocycles. The van der Waals surface area contributed by atoms with E-state index in [1.807, 2.05) is 6.92 Å². The topological polar surface area (TPSA) is 86.7 Å². The smallest absolute Gasteiger partial charge is 0.335 e. The van der Waals surface area contributed by atoms with Crippen molar-refractivity contribution in [2.45, 2.75) is 20.3 Å². The van der Waals surface area contributed by atoms with E-state index in [2.05, 4.69) is 5.32 Å². The van der Waals surface area contributed by atoms with Crippen LogP contribution in [0.3, 0.4) is 0 Å². The molecule has 2 amide bonds. The number of amides is 2. The number of hydrogen-bond acceptors (Lipinski definition) is 3. The van der Waals surface area contributed by atoms with Crippen molar-refractivity contribution in [3.8, 4) is 0 Å². The molecule has 2 N–H and O–H groups in total. The van der Waals surface area contributed by atoms with Gasteiger partial charge in [0, 0.05) is 25.2 Å². The molecular weight excluding hydrogens is 272 g/mol. The van der Waals surface area contributed by atoms with Crippen molar-refractivity contribution >= 4 is 23.5 Å². The number of rotatable bonds is 4. The van der Waals surface area contributed by atoms with Crippen molar-refractivity contribution in [2.24, 2.45) is 5.92 Å². The largest absolute Gasteiger partial charge is 0.478 e. The molecule has 1 atom stereocenters. The molecule has 1 aromatic carbocycles. The number of aryl methyl sites for hydroxylation is 1. The Balaban J connectivity index is 2.07. The lowest BCUT2D eigenvalue weighted by Crippen LogP contribution is -2.28. The summed E-state index contributed by atoms with van der Waals surface area (Å²) in [6.45, 7) is 4.66. The molecule has 0 aromatic heterocycles. The first-order valence-electron chi connectivity index (χ1n) is 6.85. The van der Waals surface area contributed by atoms with Crippen LogP contribution < -0.4 is 5.32 Å². The van der Waals surface area contributed by atoms with Crippen molar-refractivity contribution < 1.29 is 19.5 Å². The molecule has 1 heterocycles. The van der Waals surface area contributed by atoms with E-state index in [-0.39, 0.29) is 29.7 Å². The maximum Gasteiger partial charge on any atom is 0.335 e. The van der Waals surface area contributed by atoms with Gasteiger partial charge in [-0.1, -0.05) is 0 Å². The predicted molar refractivity (Wildman–Crippen MR) is 77.1 cm³/mol. The lowest BCUT2D eigenvalue weighted by molar-refractivity contribution is -0.128. The van der Waals surface area contributed by atoms with Gasteiger partial charge in [0.2, 0.25) is 11.8 Å². The lowest BCUT2D eigenvalue weighted by Gasteiger charge is -2.14. The monoisotopic (exact) mass is 290 g/mol. The highest BCUT2D eigenvalue weighted by Crippen LogP contribution is 2.22. The molecule has 0 bridgehead atoms. The number of carbonyl (C=O) groups is 3. The summed E-state index contributed by atoms with van der Waals surface area (Å²) in [5, 5.41) is 11.7. The van der Waals surface area contributed by atoms with Gasteiger partial charge >= 0.3 is 5.97 Å². The van der Waals surface area contributed by atoms with Gasteiger partial charge < -0.3 is 15.3 Å². The zero-order valence-electron chi connectivity index (χ0n) is 12.0. The molecule has 2 rings (SSSR count). The van der Waals surface area contributed by atoms with E-state index in [9.17, 15) is 14.4 Å². The minimum absolute atomic E-state index is 0.00408. The van der Waals surface area contributed by atoms with Gasteiger partial charge in [-0.05, 0) is 37.6 Å². The Labute approximate surface area is 122 Å². The minimum Gasteiger partial charge on any atom is -0.478 e. The number of likely N-dealkylation sites (tertiary alicyclic amines) is 1. The Morgan fingerprint density at radius 1 is 1.43 bits per heavy atom. The highest BCUT2D eigenvalue weighted by molar-refractivity contribution is 5.98. The predicted octanol–water partition coefficient (Wildman–Crippen LogP) is 1.50. The van der Waals surface area contributed by atoms with Gasteiger partial charge in [0.15, 0.2) is 0 Å². The molecule has 1 aliphatic heterocycles. The number of aromatic carboxylic acids is 1.